The zero-order valence-electron chi connectivity index (χ0n) is 5.67. The van der Waals surface area contributed by atoms with Crippen molar-refractivity contribution in [1.29, 1.82) is 0 Å². The Balaban J connectivity index is 2.91. The van der Waals surface area contributed by atoms with Crippen LogP contribution in [0.4, 0.5) is 5.69 Å². The maximum absolute atomic E-state index is 5.83. The highest BCUT2D eigenvalue weighted by Crippen LogP contribution is 2.26. The lowest BCUT2D eigenvalue weighted by Crippen LogP contribution is -1.82. The number of benzene rings is 1. The molecule has 0 unspecified atom stereocenters. The highest BCUT2D eigenvalue weighted by atomic mass is 35.5. The summed E-state index contributed by atoms with van der Waals surface area (Å²) in [6.07, 6.45) is 1.59. The summed E-state index contributed by atoms with van der Waals surface area (Å²) in [7, 11) is 0. The first-order valence-electron chi connectivity index (χ1n) is 3.19. The zero-order valence-corrected chi connectivity index (χ0v) is 6.43. The molecule has 11 heavy (non-hydrogen) atoms. The smallest absolute Gasteiger partial charge is 0.152 e. The normalized spacial score (nSPS) is 10.6. The predicted octanol–water partition coefficient (Wildman–Crippen LogP) is 2.67. The van der Waals surface area contributed by atoms with Gasteiger partial charge in [0.15, 0.2) is 5.58 Å². The molecular weight excluding hydrogens is 162 g/mol. The molecule has 0 amide bonds. The maximum atomic E-state index is 5.83. The Labute approximate surface area is 68.6 Å². The average Bonchev–Trinajstić information content (AvgIpc) is 2.34. The summed E-state index contributed by atoms with van der Waals surface area (Å²) >= 11 is 5.83. The van der Waals surface area contributed by atoms with Crippen LogP contribution in [-0.4, -0.2) is 0 Å². The van der Waals surface area contributed by atoms with Crippen LogP contribution in [0, 0.1) is 0 Å². The van der Waals surface area contributed by atoms with E-state index in [1.54, 1.807) is 12.3 Å². The molecule has 2 nitrogen and oxygen atoms in total. The summed E-state index contributed by atoms with van der Waals surface area (Å²) in [5.74, 6) is 0. The molecule has 0 saturated carbocycles. The average molecular weight is 168 g/mol. The summed E-state index contributed by atoms with van der Waals surface area (Å²) in [4.78, 5) is 0. The minimum Gasteiger partial charge on any atom is -0.463 e. The summed E-state index contributed by atoms with van der Waals surface area (Å²) < 4.78 is 5.12. The van der Waals surface area contributed by atoms with Crippen LogP contribution in [0.1, 0.15) is 0 Å². The van der Waals surface area contributed by atoms with E-state index in [9.17, 15) is 0 Å². The van der Waals surface area contributed by atoms with Gasteiger partial charge in [-0.3, -0.25) is 0 Å². The number of rotatable bonds is 0. The van der Waals surface area contributed by atoms with Gasteiger partial charge in [-0.05, 0) is 18.2 Å². The molecule has 2 N–H and O–H groups in total. The lowest BCUT2D eigenvalue weighted by atomic mass is 10.2. The van der Waals surface area contributed by atoms with Crippen molar-refractivity contribution in [1.82, 2.24) is 0 Å². The molecule has 0 aliphatic heterocycles. The Morgan fingerprint density at radius 3 is 3.00 bits per heavy atom. The lowest BCUT2D eigenvalue weighted by molar-refractivity contribution is 0.616. The molecule has 56 valence electrons. The van der Waals surface area contributed by atoms with Gasteiger partial charge in [0.2, 0.25) is 0 Å². The zero-order chi connectivity index (χ0) is 7.84. The van der Waals surface area contributed by atoms with Gasteiger partial charge >= 0.3 is 0 Å². The predicted molar refractivity (Wildman–Crippen MR) is 45.6 cm³/mol. The number of nitrogens with two attached hydrogens (primary N) is 1. The van der Waals surface area contributed by atoms with Crippen molar-refractivity contribution >= 4 is 28.3 Å². The van der Waals surface area contributed by atoms with E-state index in [1.807, 2.05) is 12.1 Å². The minimum atomic E-state index is 0.560. The Bertz CT molecular complexity index is 394. The molecule has 0 saturated heterocycles. The third kappa shape index (κ3) is 0.955. The van der Waals surface area contributed by atoms with Crippen molar-refractivity contribution in [3.8, 4) is 0 Å². The minimum absolute atomic E-state index is 0.560. The van der Waals surface area contributed by atoms with Gasteiger partial charge in [-0.1, -0.05) is 11.6 Å². The highest BCUT2D eigenvalue weighted by molar-refractivity contribution is 6.35. The molecule has 0 spiro atoms. The number of fused-ring (bicyclic) bond motifs is 1. The van der Waals surface area contributed by atoms with E-state index in [0.717, 1.165) is 5.39 Å². The highest BCUT2D eigenvalue weighted by Gasteiger charge is 2.02. The fourth-order valence-corrected chi connectivity index (χ4v) is 1.34. The van der Waals surface area contributed by atoms with E-state index in [0.29, 0.717) is 16.3 Å². The molecule has 2 rings (SSSR count). The van der Waals surface area contributed by atoms with E-state index in [4.69, 9.17) is 21.8 Å². The quantitative estimate of drug-likeness (QED) is 0.613. The second-order valence-electron chi connectivity index (χ2n) is 2.34. The number of nitrogen functional groups attached to an aromatic ring is 1. The lowest BCUT2D eigenvalue weighted by Gasteiger charge is -1.94. The van der Waals surface area contributed by atoms with Crippen molar-refractivity contribution in [3.05, 3.63) is 29.5 Å². The fourth-order valence-electron chi connectivity index (χ4n) is 1.06. The second kappa shape index (κ2) is 2.17. The summed E-state index contributed by atoms with van der Waals surface area (Å²) in [5, 5.41) is 1.50. The van der Waals surface area contributed by atoms with Gasteiger partial charge in [-0.15, -0.1) is 0 Å². The van der Waals surface area contributed by atoms with Crippen molar-refractivity contribution in [2.75, 3.05) is 5.73 Å². The summed E-state index contributed by atoms with van der Waals surface area (Å²) in [6.45, 7) is 0. The monoisotopic (exact) mass is 167 g/mol. The van der Waals surface area contributed by atoms with Crippen LogP contribution in [-0.2, 0) is 0 Å². The third-order valence-corrected chi connectivity index (χ3v) is 1.81. The van der Waals surface area contributed by atoms with E-state index >= 15 is 0 Å². The molecule has 0 radical (unpaired) electrons. The van der Waals surface area contributed by atoms with E-state index in [2.05, 4.69) is 0 Å². The second-order valence-corrected chi connectivity index (χ2v) is 2.75. The molecule has 1 aromatic carbocycles. The molecule has 1 aromatic heterocycles. The Kier molecular flexibility index (Phi) is 1.29. The van der Waals surface area contributed by atoms with Gasteiger partial charge in [-0.2, -0.15) is 0 Å². The number of furan rings is 1. The van der Waals surface area contributed by atoms with Crippen LogP contribution < -0.4 is 5.73 Å². The Hall–Kier alpha value is -1.15. The molecule has 0 fully saturated rings. The Morgan fingerprint density at radius 2 is 2.18 bits per heavy atom. The van der Waals surface area contributed by atoms with Crippen molar-refractivity contribution in [2.24, 2.45) is 0 Å². The third-order valence-electron chi connectivity index (χ3n) is 1.53. The van der Waals surface area contributed by atoms with Crippen LogP contribution in [0.3, 0.4) is 0 Å². The van der Waals surface area contributed by atoms with Crippen LogP contribution in [0.15, 0.2) is 28.9 Å². The van der Waals surface area contributed by atoms with Crippen LogP contribution in [0.25, 0.3) is 11.0 Å². The topological polar surface area (TPSA) is 39.2 Å². The fraction of sp³-hybridized carbons (Fsp3) is 0. The molecule has 0 bridgehead atoms. The van der Waals surface area contributed by atoms with Gasteiger partial charge in [0.05, 0.1) is 11.3 Å². The molecular formula is C8H6ClNO. The molecule has 0 atom stereocenters. The summed E-state index contributed by atoms with van der Waals surface area (Å²) in [6, 6.07) is 5.33. The molecule has 0 aliphatic carbocycles. The maximum Gasteiger partial charge on any atom is 0.152 e. The van der Waals surface area contributed by atoms with Gasteiger partial charge in [-0.25, -0.2) is 0 Å². The molecule has 2 aromatic rings. The standard InChI is InChI=1S/C8H6ClNO/c9-7-4-6(10)3-5-1-2-11-8(5)7/h1-4H,10H2. The number of halogens is 1. The van der Waals surface area contributed by atoms with Crippen molar-refractivity contribution in [2.45, 2.75) is 0 Å². The van der Waals surface area contributed by atoms with Gasteiger partial charge in [0.1, 0.15) is 0 Å². The summed E-state index contributed by atoms with van der Waals surface area (Å²) in [5.41, 5.74) is 6.91. The van der Waals surface area contributed by atoms with Crippen LogP contribution in [0.2, 0.25) is 5.02 Å². The van der Waals surface area contributed by atoms with Crippen LogP contribution >= 0.6 is 11.6 Å². The number of hydrogen-bond acceptors (Lipinski definition) is 2. The van der Waals surface area contributed by atoms with Gasteiger partial charge in [0.25, 0.3) is 0 Å². The van der Waals surface area contributed by atoms with Crippen molar-refractivity contribution < 1.29 is 4.42 Å². The first kappa shape index (κ1) is 6.55. The van der Waals surface area contributed by atoms with Gasteiger partial charge in [0, 0.05) is 11.1 Å². The molecule has 1 heterocycles. The van der Waals surface area contributed by atoms with E-state index < -0.39 is 0 Å². The van der Waals surface area contributed by atoms with Gasteiger partial charge < -0.3 is 10.2 Å². The number of hydrogen-bond donors (Lipinski definition) is 1. The van der Waals surface area contributed by atoms with Crippen LogP contribution in [0.5, 0.6) is 0 Å². The molecule has 3 heteroatoms. The Morgan fingerprint density at radius 1 is 1.36 bits per heavy atom. The number of anilines is 1. The SMILES string of the molecule is Nc1cc(Cl)c2occc2c1. The molecule has 0 aliphatic rings. The van der Waals surface area contributed by atoms with E-state index in [-0.39, 0.29) is 0 Å². The van der Waals surface area contributed by atoms with E-state index in [1.165, 1.54) is 0 Å². The largest absolute Gasteiger partial charge is 0.463 e. The first-order valence-corrected chi connectivity index (χ1v) is 3.57. The first-order chi connectivity index (χ1) is 5.27. The van der Waals surface area contributed by atoms with Crippen molar-refractivity contribution in [3.63, 3.8) is 0 Å².